The molecular weight excluding hydrogens is 352 g/mol. The van der Waals surface area contributed by atoms with Crippen LogP contribution in [0.25, 0.3) is 10.8 Å². The van der Waals surface area contributed by atoms with Gasteiger partial charge in [-0.2, -0.15) is 0 Å². The first-order valence-corrected chi connectivity index (χ1v) is 9.61. The van der Waals surface area contributed by atoms with E-state index in [9.17, 15) is 9.90 Å². The zero-order valence-corrected chi connectivity index (χ0v) is 16.0. The van der Waals surface area contributed by atoms with E-state index >= 15 is 0 Å². The highest BCUT2D eigenvalue weighted by Crippen LogP contribution is 2.24. The van der Waals surface area contributed by atoms with Gasteiger partial charge in [0.25, 0.3) is 0 Å². The number of ether oxygens (including phenoxy) is 1. The zero-order valence-electron chi connectivity index (χ0n) is 16.0. The number of urea groups is 1. The van der Waals surface area contributed by atoms with Crippen LogP contribution in [0, 0.1) is 0 Å². The van der Waals surface area contributed by atoms with Gasteiger partial charge >= 0.3 is 6.03 Å². The standard InChI is InChI=1S/C23H26N2O3/c1-2-3-15-28-19-13-11-18(12-14-19)25-23(27)24-16-22(26)21-10-6-8-17-7-4-5-9-20(17)21/h4-14,22,26H,2-3,15-16H2,1H3,(H2,24,25,27). The van der Waals surface area contributed by atoms with Crippen molar-refractivity contribution in [3.8, 4) is 5.75 Å². The third-order valence-electron chi connectivity index (χ3n) is 4.52. The topological polar surface area (TPSA) is 70.6 Å². The predicted octanol–water partition coefficient (Wildman–Crippen LogP) is 4.87. The Balaban J connectivity index is 1.52. The maximum absolute atomic E-state index is 12.1. The molecule has 1 atom stereocenters. The van der Waals surface area contributed by atoms with Crippen molar-refractivity contribution in [2.45, 2.75) is 25.9 Å². The largest absolute Gasteiger partial charge is 0.494 e. The molecule has 0 spiro atoms. The predicted molar refractivity (Wildman–Crippen MR) is 113 cm³/mol. The van der Waals surface area contributed by atoms with Crippen LogP contribution in [0.2, 0.25) is 0 Å². The van der Waals surface area contributed by atoms with Crippen molar-refractivity contribution in [1.82, 2.24) is 5.32 Å². The van der Waals surface area contributed by atoms with E-state index in [0.29, 0.717) is 12.3 Å². The summed E-state index contributed by atoms with van der Waals surface area (Å²) in [7, 11) is 0. The Hall–Kier alpha value is -3.05. The van der Waals surface area contributed by atoms with Gasteiger partial charge in [-0.15, -0.1) is 0 Å². The van der Waals surface area contributed by atoms with Gasteiger partial charge in [0.1, 0.15) is 5.75 Å². The minimum atomic E-state index is -0.786. The smallest absolute Gasteiger partial charge is 0.319 e. The highest BCUT2D eigenvalue weighted by atomic mass is 16.5. The molecule has 0 aromatic heterocycles. The minimum Gasteiger partial charge on any atom is -0.494 e. The molecule has 0 aliphatic heterocycles. The molecule has 1 unspecified atom stereocenters. The first kappa shape index (κ1) is 19.7. The monoisotopic (exact) mass is 378 g/mol. The number of unbranched alkanes of at least 4 members (excludes halogenated alkanes) is 1. The summed E-state index contributed by atoms with van der Waals surface area (Å²) in [4.78, 5) is 12.1. The third-order valence-corrected chi connectivity index (χ3v) is 4.52. The maximum atomic E-state index is 12.1. The van der Waals surface area contributed by atoms with Crippen LogP contribution >= 0.6 is 0 Å². The molecule has 0 aliphatic carbocycles. The van der Waals surface area contributed by atoms with Gasteiger partial charge in [-0.25, -0.2) is 4.79 Å². The number of aliphatic hydroxyl groups is 1. The summed E-state index contributed by atoms with van der Waals surface area (Å²) in [6.45, 7) is 2.93. The van der Waals surface area contributed by atoms with E-state index in [1.165, 1.54) is 0 Å². The Morgan fingerprint density at radius 3 is 2.57 bits per heavy atom. The average molecular weight is 378 g/mol. The Morgan fingerprint density at radius 2 is 1.79 bits per heavy atom. The fourth-order valence-corrected chi connectivity index (χ4v) is 2.98. The Bertz CT molecular complexity index is 904. The van der Waals surface area contributed by atoms with E-state index in [1.54, 1.807) is 12.1 Å². The molecule has 3 aromatic rings. The van der Waals surface area contributed by atoms with Crippen LogP contribution in [0.4, 0.5) is 10.5 Å². The number of nitrogens with one attached hydrogen (secondary N) is 2. The normalized spacial score (nSPS) is 11.8. The van der Waals surface area contributed by atoms with Gasteiger partial charge in [-0.05, 0) is 47.0 Å². The third kappa shape index (κ3) is 5.24. The number of rotatable bonds is 8. The van der Waals surface area contributed by atoms with E-state index < -0.39 is 6.10 Å². The minimum absolute atomic E-state index is 0.123. The number of hydrogen-bond donors (Lipinski definition) is 3. The lowest BCUT2D eigenvalue weighted by atomic mass is 10.0. The highest BCUT2D eigenvalue weighted by molar-refractivity contribution is 5.89. The van der Waals surface area contributed by atoms with Crippen molar-refractivity contribution in [2.24, 2.45) is 0 Å². The highest BCUT2D eigenvalue weighted by Gasteiger charge is 2.12. The molecule has 5 heteroatoms. The van der Waals surface area contributed by atoms with Gasteiger partial charge in [0, 0.05) is 12.2 Å². The lowest BCUT2D eigenvalue weighted by molar-refractivity contribution is 0.176. The van der Waals surface area contributed by atoms with Crippen molar-refractivity contribution in [3.63, 3.8) is 0 Å². The van der Waals surface area contributed by atoms with Crippen molar-refractivity contribution in [1.29, 1.82) is 0 Å². The summed E-state index contributed by atoms with van der Waals surface area (Å²) in [5.74, 6) is 0.783. The van der Waals surface area contributed by atoms with Gasteiger partial charge in [-0.3, -0.25) is 0 Å². The van der Waals surface area contributed by atoms with E-state index in [2.05, 4.69) is 17.6 Å². The van der Waals surface area contributed by atoms with Crippen LogP contribution in [0.5, 0.6) is 5.75 Å². The van der Waals surface area contributed by atoms with E-state index in [1.807, 2.05) is 54.6 Å². The average Bonchev–Trinajstić information content (AvgIpc) is 2.73. The summed E-state index contributed by atoms with van der Waals surface area (Å²) in [6.07, 6.45) is 1.32. The van der Waals surface area contributed by atoms with Crippen molar-refractivity contribution >= 4 is 22.5 Å². The van der Waals surface area contributed by atoms with E-state index in [0.717, 1.165) is 34.9 Å². The Morgan fingerprint density at radius 1 is 1.04 bits per heavy atom. The summed E-state index contributed by atoms with van der Waals surface area (Å²) >= 11 is 0. The lowest BCUT2D eigenvalue weighted by Crippen LogP contribution is -2.32. The summed E-state index contributed by atoms with van der Waals surface area (Å²) in [5.41, 5.74) is 1.46. The van der Waals surface area contributed by atoms with Gasteiger partial charge in [-0.1, -0.05) is 55.8 Å². The number of carbonyl (C=O) groups is 1. The first-order valence-electron chi connectivity index (χ1n) is 9.61. The summed E-state index contributed by atoms with van der Waals surface area (Å²) in [6, 6.07) is 20.5. The maximum Gasteiger partial charge on any atom is 0.319 e. The van der Waals surface area contributed by atoms with Gasteiger partial charge in [0.2, 0.25) is 0 Å². The number of aliphatic hydroxyl groups excluding tert-OH is 1. The van der Waals surface area contributed by atoms with Crippen LogP contribution < -0.4 is 15.4 Å². The molecule has 28 heavy (non-hydrogen) atoms. The molecule has 0 saturated carbocycles. The zero-order chi connectivity index (χ0) is 19.8. The number of benzene rings is 3. The molecule has 5 nitrogen and oxygen atoms in total. The number of fused-ring (bicyclic) bond motifs is 1. The molecule has 3 aromatic carbocycles. The van der Waals surface area contributed by atoms with Gasteiger partial charge in [0.15, 0.2) is 0 Å². The van der Waals surface area contributed by atoms with E-state index in [-0.39, 0.29) is 12.6 Å². The van der Waals surface area contributed by atoms with Crippen LogP contribution in [-0.4, -0.2) is 24.3 Å². The molecule has 0 fully saturated rings. The van der Waals surface area contributed by atoms with Crippen molar-refractivity contribution < 1.29 is 14.6 Å². The van der Waals surface area contributed by atoms with Crippen molar-refractivity contribution in [2.75, 3.05) is 18.5 Å². The van der Waals surface area contributed by atoms with Gasteiger partial charge < -0.3 is 20.5 Å². The molecule has 0 radical (unpaired) electrons. The second-order valence-corrected chi connectivity index (χ2v) is 6.65. The number of amides is 2. The van der Waals surface area contributed by atoms with Crippen LogP contribution in [0.3, 0.4) is 0 Å². The number of anilines is 1. The molecule has 0 aliphatic rings. The molecule has 146 valence electrons. The molecular formula is C23H26N2O3. The first-order chi connectivity index (χ1) is 13.7. The van der Waals surface area contributed by atoms with Crippen LogP contribution in [-0.2, 0) is 0 Å². The summed E-state index contributed by atoms with van der Waals surface area (Å²) < 4.78 is 5.61. The molecule has 3 N–H and O–H groups in total. The molecule has 0 saturated heterocycles. The molecule has 2 amide bonds. The SMILES string of the molecule is CCCCOc1ccc(NC(=O)NCC(O)c2cccc3ccccc23)cc1. The number of hydrogen-bond acceptors (Lipinski definition) is 3. The molecule has 0 bridgehead atoms. The summed E-state index contributed by atoms with van der Waals surface area (Å²) in [5, 5.41) is 18.0. The fraction of sp³-hybridized carbons (Fsp3) is 0.261. The molecule has 3 rings (SSSR count). The quantitative estimate of drug-likeness (QED) is 0.490. The second-order valence-electron chi connectivity index (χ2n) is 6.65. The van der Waals surface area contributed by atoms with E-state index in [4.69, 9.17) is 4.74 Å². The van der Waals surface area contributed by atoms with Crippen LogP contribution in [0.1, 0.15) is 31.4 Å². The lowest BCUT2D eigenvalue weighted by Gasteiger charge is -2.15. The van der Waals surface area contributed by atoms with Gasteiger partial charge in [0.05, 0.1) is 12.7 Å². The fourth-order valence-electron chi connectivity index (χ4n) is 2.98. The Kier molecular flexibility index (Phi) is 6.87. The van der Waals surface area contributed by atoms with Crippen molar-refractivity contribution in [3.05, 3.63) is 72.3 Å². The molecule has 0 heterocycles. The number of carbonyl (C=O) groups excluding carboxylic acids is 1. The van der Waals surface area contributed by atoms with Crippen LogP contribution in [0.15, 0.2) is 66.7 Å². The second kappa shape index (κ2) is 9.76. The Labute approximate surface area is 165 Å².